The number of fused-ring (bicyclic) bond motifs is 3. The fraction of sp³-hybridized carbons (Fsp3) is 0.500. The lowest BCUT2D eigenvalue weighted by molar-refractivity contribution is -0.000193. The molecule has 6 heteroatoms. The summed E-state index contributed by atoms with van der Waals surface area (Å²) in [5, 5.41) is 0. The van der Waals surface area contributed by atoms with Crippen LogP contribution in [0.1, 0.15) is 24.7 Å². The Morgan fingerprint density at radius 2 is 2.04 bits per heavy atom. The van der Waals surface area contributed by atoms with Gasteiger partial charge in [-0.25, -0.2) is 4.98 Å². The first-order chi connectivity index (χ1) is 11.7. The van der Waals surface area contributed by atoms with Crippen molar-refractivity contribution in [3.63, 3.8) is 0 Å². The quantitative estimate of drug-likeness (QED) is 0.867. The Morgan fingerprint density at radius 1 is 1.21 bits per heavy atom. The zero-order valence-corrected chi connectivity index (χ0v) is 13.6. The maximum atomic E-state index is 6.17. The topological polar surface area (TPSA) is 65.5 Å². The van der Waals surface area contributed by atoms with E-state index in [1.807, 2.05) is 6.20 Å². The van der Waals surface area contributed by atoms with Crippen LogP contribution in [-0.2, 0) is 4.74 Å². The predicted octanol–water partition coefficient (Wildman–Crippen LogP) is 1.88. The van der Waals surface area contributed by atoms with Gasteiger partial charge in [0.15, 0.2) is 0 Å². The molecule has 2 N–H and O–H groups in total. The van der Waals surface area contributed by atoms with Gasteiger partial charge in [0.2, 0.25) is 0 Å². The number of ether oxygens (including phenoxy) is 2. The Balaban J connectivity index is 1.45. The molecule has 6 nitrogen and oxygen atoms in total. The lowest BCUT2D eigenvalue weighted by atomic mass is 9.73. The van der Waals surface area contributed by atoms with Crippen molar-refractivity contribution in [1.29, 1.82) is 0 Å². The van der Waals surface area contributed by atoms with E-state index in [0.717, 1.165) is 43.6 Å². The summed E-state index contributed by atoms with van der Waals surface area (Å²) in [5.41, 5.74) is 8.90. The van der Waals surface area contributed by atoms with Crippen molar-refractivity contribution >= 4 is 5.69 Å². The van der Waals surface area contributed by atoms with E-state index in [1.54, 1.807) is 6.20 Å². The third-order valence-corrected chi connectivity index (χ3v) is 5.59. The van der Waals surface area contributed by atoms with Crippen molar-refractivity contribution in [3.05, 3.63) is 36.4 Å². The molecule has 1 atom stereocenters. The van der Waals surface area contributed by atoms with Crippen LogP contribution in [0.5, 0.6) is 5.75 Å². The molecule has 0 unspecified atom stereocenters. The van der Waals surface area contributed by atoms with Crippen LogP contribution < -0.4 is 15.4 Å². The highest BCUT2D eigenvalue weighted by molar-refractivity contribution is 5.62. The summed E-state index contributed by atoms with van der Waals surface area (Å²) >= 11 is 0. The Hall–Kier alpha value is -2.05. The minimum Gasteiger partial charge on any atom is -0.489 e. The Labute approximate surface area is 141 Å². The summed E-state index contributed by atoms with van der Waals surface area (Å²) in [7, 11) is 0. The summed E-state index contributed by atoms with van der Waals surface area (Å²) in [6.07, 6.45) is 6.12. The molecular formula is C18H22N4O2. The average Bonchev–Trinajstić information content (AvgIpc) is 3.03. The number of nitrogens with zero attached hydrogens (tertiary/aromatic N) is 3. The molecule has 0 aliphatic carbocycles. The molecule has 5 rings (SSSR count). The Morgan fingerprint density at radius 3 is 2.88 bits per heavy atom. The van der Waals surface area contributed by atoms with Crippen LogP contribution in [0, 0.1) is 5.41 Å². The van der Waals surface area contributed by atoms with E-state index < -0.39 is 0 Å². The van der Waals surface area contributed by atoms with E-state index in [-0.39, 0.29) is 6.04 Å². The Kier molecular flexibility index (Phi) is 3.11. The lowest BCUT2D eigenvalue weighted by Gasteiger charge is -2.53. The molecule has 2 aromatic rings. The van der Waals surface area contributed by atoms with Gasteiger partial charge in [0.25, 0.3) is 0 Å². The van der Waals surface area contributed by atoms with E-state index in [4.69, 9.17) is 15.2 Å². The zero-order valence-electron chi connectivity index (χ0n) is 13.6. The standard InChI is InChI=1S/C18H22N4O2/c19-14-10-24-16-2-1-13(9-15(16)22-6-5-20-17(14)22)21-11-18(12-21)3-7-23-8-4-18/h1-2,5-6,9,14H,3-4,7-8,10-12,19H2/t14-/m0/s1. The first kappa shape index (κ1) is 14.3. The summed E-state index contributed by atoms with van der Waals surface area (Å²) in [4.78, 5) is 6.86. The molecule has 1 aromatic carbocycles. The van der Waals surface area contributed by atoms with Gasteiger partial charge in [0.05, 0.1) is 11.7 Å². The number of rotatable bonds is 1. The maximum absolute atomic E-state index is 6.17. The Bertz CT molecular complexity index is 758. The number of hydrogen-bond donors (Lipinski definition) is 1. The molecule has 1 spiro atoms. The van der Waals surface area contributed by atoms with Gasteiger partial charge in [-0.15, -0.1) is 0 Å². The monoisotopic (exact) mass is 326 g/mol. The van der Waals surface area contributed by atoms with Gasteiger partial charge in [-0.05, 0) is 31.0 Å². The van der Waals surface area contributed by atoms with Crippen LogP contribution in [0.15, 0.2) is 30.6 Å². The van der Waals surface area contributed by atoms with Gasteiger partial charge in [-0.1, -0.05) is 0 Å². The van der Waals surface area contributed by atoms with E-state index >= 15 is 0 Å². The molecular weight excluding hydrogens is 304 g/mol. The SMILES string of the molecule is N[C@H]1COc2ccc(N3CC4(CCOCC4)C3)cc2-n2ccnc21. The van der Waals surface area contributed by atoms with E-state index in [9.17, 15) is 0 Å². The summed E-state index contributed by atoms with van der Waals surface area (Å²) in [5.74, 6) is 1.72. The highest BCUT2D eigenvalue weighted by Gasteiger charge is 2.44. The van der Waals surface area contributed by atoms with Crippen molar-refractivity contribution in [3.8, 4) is 11.4 Å². The van der Waals surface area contributed by atoms with Gasteiger partial charge in [-0.3, -0.25) is 4.57 Å². The molecule has 3 aliphatic heterocycles. The largest absolute Gasteiger partial charge is 0.489 e. The fourth-order valence-electron chi connectivity index (χ4n) is 4.13. The van der Waals surface area contributed by atoms with Gasteiger partial charge >= 0.3 is 0 Å². The van der Waals surface area contributed by atoms with Crippen molar-refractivity contribution in [2.24, 2.45) is 11.1 Å². The van der Waals surface area contributed by atoms with Gasteiger partial charge in [0.1, 0.15) is 18.2 Å². The van der Waals surface area contributed by atoms with Crippen molar-refractivity contribution < 1.29 is 9.47 Å². The van der Waals surface area contributed by atoms with Gasteiger partial charge < -0.3 is 20.1 Å². The van der Waals surface area contributed by atoms with E-state index in [2.05, 4.69) is 32.7 Å². The molecule has 0 saturated carbocycles. The van der Waals surface area contributed by atoms with E-state index in [1.165, 1.54) is 18.5 Å². The molecule has 2 fully saturated rings. The molecule has 0 amide bonds. The number of anilines is 1. The molecule has 1 aromatic heterocycles. The van der Waals surface area contributed by atoms with Crippen molar-refractivity contribution in [2.75, 3.05) is 37.8 Å². The third kappa shape index (κ3) is 2.13. The molecule has 0 bridgehead atoms. The van der Waals surface area contributed by atoms with Crippen molar-refractivity contribution in [1.82, 2.24) is 9.55 Å². The van der Waals surface area contributed by atoms with Crippen LogP contribution in [0.3, 0.4) is 0 Å². The zero-order chi connectivity index (χ0) is 16.1. The normalized spacial score (nSPS) is 24.5. The smallest absolute Gasteiger partial charge is 0.143 e. The minimum absolute atomic E-state index is 0.203. The molecule has 2 saturated heterocycles. The summed E-state index contributed by atoms with van der Waals surface area (Å²) in [6, 6.07) is 6.20. The van der Waals surface area contributed by atoms with Gasteiger partial charge in [0, 0.05) is 49.8 Å². The third-order valence-electron chi connectivity index (χ3n) is 5.59. The van der Waals surface area contributed by atoms with Crippen LogP contribution in [0.2, 0.25) is 0 Å². The molecule has 0 radical (unpaired) electrons. The highest BCUT2D eigenvalue weighted by Crippen LogP contribution is 2.43. The molecule has 24 heavy (non-hydrogen) atoms. The number of aromatic nitrogens is 2. The van der Waals surface area contributed by atoms with E-state index in [0.29, 0.717) is 12.0 Å². The molecule has 126 valence electrons. The number of nitrogens with two attached hydrogens (primary N) is 1. The molecule has 3 aliphatic rings. The average molecular weight is 326 g/mol. The van der Waals surface area contributed by atoms with Gasteiger partial charge in [-0.2, -0.15) is 0 Å². The minimum atomic E-state index is -0.203. The van der Waals surface area contributed by atoms with Crippen LogP contribution in [0.25, 0.3) is 5.69 Å². The second-order valence-corrected chi connectivity index (χ2v) is 7.19. The lowest BCUT2D eigenvalue weighted by Crippen LogP contribution is -2.58. The molecule has 4 heterocycles. The highest BCUT2D eigenvalue weighted by atomic mass is 16.5. The first-order valence-electron chi connectivity index (χ1n) is 8.63. The predicted molar refractivity (Wildman–Crippen MR) is 90.7 cm³/mol. The second-order valence-electron chi connectivity index (χ2n) is 7.19. The number of hydrogen-bond acceptors (Lipinski definition) is 5. The second kappa shape index (κ2) is 5.22. The number of imidazole rings is 1. The summed E-state index contributed by atoms with van der Waals surface area (Å²) in [6.45, 7) is 4.50. The number of benzene rings is 1. The first-order valence-corrected chi connectivity index (χ1v) is 8.63. The van der Waals surface area contributed by atoms with Crippen LogP contribution in [-0.4, -0.2) is 42.5 Å². The van der Waals surface area contributed by atoms with Crippen molar-refractivity contribution in [2.45, 2.75) is 18.9 Å². The van der Waals surface area contributed by atoms with Crippen LogP contribution in [0.4, 0.5) is 5.69 Å². The summed E-state index contributed by atoms with van der Waals surface area (Å²) < 4.78 is 13.4. The van der Waals surface area contributed by atoms with Crippen LogP contribution >= 0.6 is 0 Å². The fourth-order valence-corrected chi connectivity index (χ4v) is 4.13. The maximum Gasteiger partial charge on any atom is 0.143 e.